The molecule has 1 aromatic carbocycles. The molecule has 0 amide bonds. The normalized spacial score (nSPS) is 9.17. The van der Waals surface area contributed by atoms with Crippen LogP contribution in [0.4, 0.5) is 0 Å². The summed E-state index contributed by atoms with van der Waals surface area (Å²) in [6, 6.07) is 4.00. The summed E-state index contributed by atoms with van der Waals surface area (Å²) >= 11 is 0. The molecule has 0 heterocycles. The zero-order valence-electron chi connectivity index (χ0n) is 7.51. The van der Waals surface area contributed by atoms with E-state index in [2.05, 4.69) is 0 Å². The van der Waals surface area contributed by atoms with E-state index >= 15 is 0 Å². The van der Waals surface area contributed by atoms with Gasteiger partial charge in [0.25, 0.3) is 6.26 Å². The average molecular weight is 161 g/mol. The van der Waals surface area contributed by atoms with E-state index in [1.54, 1.807) is 6.26 Å². The Morgan fingerprint density at radius 3 is 2.08 bits per heavy atom. The fourth-order valence-corrected chi connectivity index (χ4v) is 1.37. The van der Waals surface area contributed by atoms with Gasteiger partial charge < -0.3 is 4.74 Å². The number of hydrogen-bond acceptors (Lipinski definition) is 2. The number of benzene rings is 1. The van der Waals surface area contributed by atoms with Crippen molar-refractivity contribution in [2.24, 2.45) is 0 Å². The van der Waals surface area contributed by atoms with Gasteiger partial charge in [-0.1, -0.05) is 17.7 Å². The van der Waals surface area contributed by atoms with E-state index in [1.165, 1.54) is 5.56 Å². The summed E-state index contributed by atoms with van der Waals surface area (Å²) in [7, 11) is 0. The van der Waals surface area contributed by atoms with E-state index in [4.69, 9.17) is 10.00 Å². The first kappa shape index (κ1) is 8.61. The van der Waals surface area contributed by atoms with Gasteiger partial charge in [0.05, 0.1) is 0 Å². The summed E-state index contributed by atoms with van der Waals surface area (Å²) < 4.78 is 4.83. The van der Waals surface area contributed by atoms with Gasteiger partial charge in [0, 0.05) is 0 Å². The first-order chi connectivity index (χ1) is 5.65. The third-order valence-corrected chi connectivity index (χ3v) is 1.75. The molecule has 0 atom stereocenters. The highest BCUT2D eigenvalue weighted by Crippen LogP contribution is 2.23. The summed E-state index contributed by atoms with van der Waals surface area (Å²) in [6.45, 7) is 5.90. The molecule has 0 N–H and O–H groups in total. The Bertz CT molecular complexity index is 313. The van der Waals surface area contributed by atoms with E-state index in [-0.39, 0.29) is 0 Å². The Balaban J connectivity index is 3.21. The Hall–Kier alpha value is -1.49. The lowest BCUT2D eigenvalue weighted by atomic mass is 10.1. The smallest absolute Gasteiger partial charge is 0.292 e. The average Bonchev–Trinajstić information content (AvgIpc) is 1.96. The maximum absolute atomic E-state index is 8.37. The Kier molecular flexibility index (Phi) is 2.35. The predicted molar refractivity (Wildman–Crippen MR) is 46.9 cm³/mol. The van der Waals surface area contributed by atoms with E-state index in [9.17, 15) is 0 Å². The maximum Gasteiger partial charge on any atom is 0.292 e. The number of nitriles is 1. The topological polar surface area (TPSA) is 33.0 Å². The van der Waals surface area contributed by atoms with Crippen molar-refractivity contribution >= 4 is 0 Å². The standard InChI is InChI=1S/C10H11NO/c1-7-4-8(2)10(12-6-11)9(3)5-7/h4-5H,1-3H3. The van der Waals surface area contributed by atoms with Crippen LogP contribution in [0.1, 0.15) is 16.7 Å². The van der Waals surface area contributed by atoms with Crippen LogP contribution in [0.15, 0.2) is 12.1 Å². The minimum atomic E-state index is 0.683. The fourth-order valence-electron chi connectivity index (χ4n) is 1.37. The Labute approximate surface area is 72.4 Å². The minimum absolute atomic E-state index is 0.683. The van der Waals surface area contributed by atoms with Crippen LogP contribution < -0.4 is 4.74 Å². The Morgan fingerprint density at radius 1 is 1.17 bits per heavy atom. The molecule has 0 saturated carbocycles. The molecule has 0 spiro atoms. The van der Waals surface area contributed by atoms with Crippen molar-refractivity contribution in [3.05, 3.63) is 28.8 Å². The molecule has 0 aliphatic carbocycles. The molecule has 1 rings (SSSR count). The molecule has 2 nitrogen and oxygen atoms in total. The van der Waals surface area contributed by atoms with Gasteiger partial charge in [-0.3, -0.25) is 0 Å². The third kappa shape index (κ3) is 1.57. The third-order valence-electron chi connectivity index (χ3n) is 1.75. The zero-order chi connectivity index (χ0) is 9.14. The van der Waals surface area contributed by atoms with Gasteiger partial charge in [0.2, 0.25) is 0 Å². The monoisotopic (exact) mass is 161 g/mol. The van der Waals surface area contributed by atoms with Crippen LogP contribution in [-0.2, 0) is 0 Å². The van der Waals surface area contributed by atoms with Crippen molar-refractivity contribution in [1.82, 2.24) is 0 Å². The molecule has 0 fully saturated rings. The summed E-state index contributed by atoms with van der Waals surface area (Å²) in [4.78, 5) is 0. The van der Waals surface area contributed by atoms with Crippen LogP contribution in [0.3, 0.4) is 0 Å². The fraction of sp³-hybridized carbons (Fsp3) is 0.300. The predicted octanol–water partition coefficient (Wildman–Crippen LogP) is 2.47. The van der Waals surface area contributed by atoms with Crippen LogP contribution in [0.25, 0.3) is 0 Å². The van der Waals surface area contributed by atoms with Crippen LogP contribution in [0.5, 0.6) is 5.75 Å². The maximum atomic E-state index is 8.37. The molecule has 1 aromatic rings. The molecule has 0 unspecified atom stereocenters. The molecule has 12 heavy (non-hydrogen) atoms. The van der Waals surface area contributed by atoms with Gasteiger partial charge in [-0.15, -0.1) is 5.26 Å². The van der Waals surface area contributed by atoms with Gasteiger partial charge in [0.15, 0.2) is 0 Å². The first-order valence-corrected chi connectivity index (χ1v) is 3.79. The Morgan fingerprint density at radius 2 is 1.67 bits per heavy atom. The second-order valence-electron chi connectivity index (χ2n) is 2.92. The lowest BCUT2D eigenvalue weighted by Gasteiger charge is -2.06. The molecule has 0 aliphatic rings. The first-order valence-electron chi connectivity index (χ1n) is 3.79. The van der Waals surface area contributed by atoms with Crippen molar-refractivity contribution in [3.8, 4) is 12.0 Å². The SMILES string of the molecule is Cc1cc(C)c(OC#N)c(C)c1. The lowest BCUT2D eigenvalue weighted by molar-refractivity contribution is 0.499. The number of nitrogens with zero attached hydrogens (tertiary/aromatic N) is 1. The van der Waals surface area contributed by atoms with Crippen molar-refractivity contribution < 1.29 is 4.74 Å². The van der Waals surface area contributed by atoms with Crippen molar-refractivity contribution in [2.75, 3.05) is 0 Å². The molecule has 2 heteroatoms. The van der Waals surface area contributed by atoms with Crippen LogP contribution in [0.2, 0.25) is 0 Å². The molecule has 0 aromatic heterocycles. The van der Waals surface area contributed by atoms with E-state index < -0.39 is 0 Å². The van der Waals surface area contributed by atoms with Gasteiger partial charge in [-0.05, 0) is 31.9 Å². The quantitative estimate of drug-likeness (QED) is 0.593. The van der Waals surface area contributed by atoms with Crippen LogP contribution in [0, 0.1) is 32.3 Å². The zero-order valence-corrected chi connectivity index (χ0v) is 7.51. The van der Waals surface area contributed by atoms with Crippen molar-refractivity contribution in [1.29, 1.82) is 5.26 Å². The summed E-state index contributed by atoms with van der Waals surface area (Å²) in [5.41, 5.74) is 3.21. The van der Waals surface area contributed by atoms with Gasteiger partial charge >= 0.3 is 0 Å². The minimum Gasteiger partial charge on any atom is -0.387 e. The number of rotatable bonds is 1. The van der Waals surface area contributed by atoms with E-state index in [1.807, 2.05) is 32.9 Å². The number of hydrogen-bond donors (Lipinski definition) is 0. The lowest BCUT2D eigenvalue weighted by Crippen LogP contribution is -1.91. The molecule has 0 aliphatic heterocycles. The van der Waals surface area contributed by atoms with Crippen LogP contribution in [-0.4, -0.2) is 0 Å². The second-order valence-corrected chi connectivity index (χ2v) is 2.92. The second kappa shape index (κ2) is 3.27. The van der Waals surface area contributed by atoms with E-state index in [0.29, 0.717) is 5.75 Å². The number of aryl methyl sites for hydroxylation is 3. The molecular weight excluding hydrogens is 150 g/mol. The van der Waals surface area contributed by atoms with Crippen molar-refractivity contribution in [2.45, 2.75) is 20.8 Å². The number of ether oxygens (including phenoxy) is 1. The summed E-state index contributed by atoms with van der Waals surface area (Å²) in [5, 5.41) is 8.37. The van der Waals surface area contributed by atoms with Gasteiger partial charge in [-0.2, -0.15) is 0 Å². The molecular formula is C10H11NO. The molecule has 0 radical (unpaired) electrons. The summed E-state index contributed by atoms with van der Waals surface area (Å²) in [6.07, 6.45) is 1.69. The highest BCUT2D eigenvalue weighted by molar-refractivity contribution is 5.43. The molecule has 62 valence electrons. The highest BCUT2D eigenvalue weighted by Gasteiger charge is 2.03. The van der Waals surface area contributed by atoms with Crippen molar-refractivity contribution in [3.63, 3.8) is 0 Å². The van der Waals surface area contributed by atoms with E-state index in [0.717, 1.165) is 11.1 Å². The van der Waals surface area contributed by atoms with Gasteiger partial charge in [0.1, 0.15) is 5.75 Å². The van der Waals surface area contributed by atoms with Gasteiger partial charge in [-0.25, -0.2) is 0 Å². The molecule has 0 saturated heterocycles. The highest BCUT2D eigenvalue weighted by atomic mass is 16.5. The largest absolute Gasteiger partial charge is 0.387 e. The molecule has 0 bridgehead atoms. The van der Waals surface area contributed by atoms with Crippen LogP contribution >= 0.6 is 0 Å². The summed E-state index contributed by atoms with van der Waals surface area (Å²) in [5.74, 6) is 0.683.